The lowest BCUT2D eigenvalue weighted by atomic mass is 9.91. The second-order valence-electron chi connectivity index (χ2n) is 9.60. The van der Waals surface area contributed by atoms with Gasteiger partial charge in [0, 0.05) is 24.5 Å². The average Bonchev–Trinajstić information content (AvgIpc) is 2.88. The van der Waals surface area contributed by atoms with Gasteiger partial charge in [0.15, 0.2) is 0 Å². The fourth-order valence-electron chi connectivity index (χ4n) is 5.77. The second kappa shape index (κ2) is 8.38. The lowest BCUT2D eigenvalue weighted by Gasteiger charge is -2.46. The van der Waals surface area contributed by atoms with E-state index in [0.717, 1.165) is 31.3 Å². The highest BCUT2D eigenvalue weighted by atomic mass is 16.5. The summed E-state index contributed by atoms with van der Waals surface area (Å²) in [6.07, 6.45) is 0. The van der Waals surface area contributed by atoms with E-state index in [2.05, 4.69) is 72.2 Å². The molecule has 35 heavy (non-hydrogen) atoms. The third-order valence-electron chi connectivity index (χ3n) is 7.30. The average molecular weight is 463 g/mol. The first-order chi connectivity index (χ1) is 17.0. The van der Waals surface area contributed by atoms with Gasteiger partial charge in [-0.2, -0.15) is 0 Å². The summed E-state index contributed by atoms with van der Waals surface area (Å²) in [6.45, 7) is 7.27. The number of anilines is 2. The van der Waals surface area contributed by atoms with Gasteiger partial charge in [-0.15, -0.1) is 0 Å². The first-order valence-electron chi connectivity index (χ1n) is 12.1. The van der Waals surface area contributed by atoms with Crippen molar-refractivity contribution < 1.29 is 9.47 Å². The lowest BCUT2D eigenvalue weighted by molar-refractivity contribution is 0.415. The predicted octanol–water partition coefficient (Wildman–Crippen LogP) is 6.95. The van der Waals surface area contributed by atoms with Crippen LogP contribution in [0.4, 0.5) is 11.4 Å². The molecule has 0 aromatic heterocycles. The summed E-state index contributed by atoms with van der Waals surface area (Å²) < 4.78 is 10.7. The lowest BCUT2D eigenvalue weighted by Crippen LogP contribution is -2.46. The van der Waals surface area contributed by atoms with E-state index in [9.17, 15) is 0 Å². The Morgan fingerprint density at radius 3 is 1.31 bits per heavy atom. The molecule has 0 unspecified atom stereocenters. The van der Waals surface area contributed by atoms with Gasteiger partial charge < -0.3 is 19.3 Å². The molecule has 0 atom stereocenters. The summed E-state index contributed by atoms with van der Waals surface area (Å²) in [7, 11) is 3.42. The van der Waals surface area contributed by atoms with Crippen LogP contribution < -0.4 is 19.3 Å². The first kappa shape index (κ1) is 21.6. The molecule has 0 saturated heterocycles. The summed E-state index contributed by atoms with van der Waals surface area (Å²) >= 11 is 0. The Hall–Kier alpha value is -3.92. The summed E-state index contributed by atoms with van der Waals surface area (Å²) in [5.41, 5.74) is 13.2. The van der Waals surface area contributed by atoms with Crippen LogP contribution in [-0.4, -0.2) is 20.9 Å². The van der Waals surface area contributed by atoms with Crippen LogP contribution in [0, 0.1) is 13.8 Å². The molecule has 2 heterocycles. The van der Waals surface area contributed by atoms with E-state index in [-0.39, 0.29) is 0 Å². The van der Waals surface area contributed by atoms with Gasteiger partial charge >= 0.3 is 0 Å². The summed E-state index contributed by atoms with van der Waals surface area (Å²) in [4.78, 5) is 5.07. The van der Waals surface area contributed by atoms with Gasteiger partial charge in [-0.3, -0.25) is 0 Å². The van der Waals surface area contributed by atoms with Crippen molar-refractivity contribution >= 4 is 11.4 Å². The minimum Gasteiger partial charge on any atom is -0.497 e. The van der Waals surface area contributed by atoms with Crippen molar-refractivity contribution in [3.8, 4) is 33.8 Å². The molecule has 2 bridgehead atoms. The molecule has 4 heteroatoms. The highest BCUT2D eigenvalue weighted by Crippen LogP contribution is 2.44. The van der Waals surface area contributed by atoms with Gasteiger partial charge in [0.1, 0.15) is 11.5 Å². The van der Waals surface area contributed by atoms with E-state index in [1.54, 1.807) is 14.2 Å². The monoisotopic (exact) mass is 462 g/mol. The summed E-state index contributed by atoms with van der Waals surface area (Å²) in [5.74, 6) is 1.77. The molecule has 2 aliphatic heterocycles. The van der Waals surface area contributed by atoms with Gasteiger partial charge in [0.05, 0.1) is 20.9 Å². The maximum atomic E-state index is 5.34. The number of hydrogen-bond donors (Lipinski definition) is 0. The number of ether oxygens (including phenoxy) is 2. The molecule has 0 aliphatic carbocycles. The van der Waals surface area contributed by atoms with Crippen molar-refractivity contribution in [2.24, 2.45) is 0 Å². The molecule has 0 fully saturated rings. The fraction of sp³-hybridized carbons (Fsp3) is 0.226. The molecule has 0 saturated carbocycles. The molecule has 4 aromatic carbocycles. The Morgan fingerprint density at radius 2 is 0.943 bits per heavy atom. The normalized spacial score (nSPS) is 13.8. The zero-order valence-electron chi connectivity index (χ0n) is 20.8. The zero-order valence-corrected chi connectivity index (χ0v) is 20.8. The Morgan fingerprint density at radius 1 is 0.543 bits per heavy atom. The molecule has 0 spiro atoms. The van der Waals surface area contributed by atoms with Gasteiger partial charge in [0.2, 0.25) is 0 Å². The van der Waals surface area contributed by atoms with Crippen molar-refractivity contribution in [1.29, 1.82) is 0 Å². The Kier molecular flexibility index (Phi) is 5.18. The molecule has 6 rings (SSSR count). The van der Waals surface area contributed by atoms with Crippen molar-refractivity contribution in [2.75, 3.05) is 30.7 Å². The Bertz CT molecular complexity index is 1300. The molecule has 4 nitrogen and oxygen atoms in total. The highest BCUT2D eigenvalue weighted by Gasteiger charge is 2.32. The van der Waals surface area contributed by atoms with E-state index in [0.29, 0.717) is 0 Å². The van der Waals surface area contributed by atoms with Crippen LogP contribution in [0.1, 0.15) is 22.3 Å². The third-order valence-corrected chi connectivity index (χ3v) is 7.30. The minimum absolute atomic E-state index is 0.885. The van der Waals surface area contributed by atoms with Gasteiger partial charge in [-0.25, -0.2) is 0 Å². The predicted molar refractivity (Wildman–Crippen MR) is 144 cm³/mol. The molecular weight excluding hydrogens is 432 g/mol. The maximum absolute atomic E-state index is 5.34. The number of rotatable bonds is 4. The van der Waals surface area contributed by atoms with E-state index in [1.807, 2.05) is 24.3 Å². The highest BCUT2D eigenvalue weighted by molar-refractivity contribution is 5.79. The Labute approximate surface area is 207 Å². The van der Waals surface area contributed by atoms with Gasteiger partial charge in [0.25, 0.3) is 0 Å². The first-order valence-corrected chi connectivity index (χ1v) is 12.1. The molecule has 0 N–H and O–H groups in total. The smallest absolute Gasteiger partial charge is 0.118 e. The second-order valence-corrected chi connectivity index (χ2v) is 9.60. The standard InChI is InChI=1S/C31H30N2O2/c1-20-13-24(22-5-9-28(34-3)10-6-22)15-26-17-33-19-32(30(20)26)18-27-16-25(14-21(2)31(27)33)23-7-11-29(35-4)12-8-23/h5-16H,17-19H2,1-4H3. The fourth-order valence-corrected chi connectivity index (χ4v) is 5.77. The summed E-state index contributed by atoms with van der Waals surface area (Å²) in [6, 6.07) is 26.1. The molecule has 0 amide bonds. The van der Waals surface area contributed by atoms with Crippen molar-refractivity contribution in [1.82, 2.24) is 0 Å². The quantitative estimate of drug-likeness (QED) is 0.328. The van der Waals surface area contributed by atoms with Gasteiger partial charge in [-0.05, 0) is 107 Å². The third kappa shape index (κ3) is 3.70. The van der Waals surface area contributed by atoms with Crippen molar-refractivity contribution in [2.45, 2.75) is 26.9 Å². The van der Waals surface area contributed by atoms with E-state index in [4.69, 9.17) is 9.47 Å². The van der Waals surface area contributed by atoms with Crippen LogP contribution in [-0.2, 0) is 13.1 Å². The van der Waals surface area contributed by atoms with E-state index < -0.39 is 0 Å². The molecule has 176 valence electrons. The van der Waals surface area contributed by atoms with E-state index >= 15 is 0 Å². The number of nitrogens with zero attached hydrogens (tertiary/aromatic N) is 2. The number of fused-ring (bicyclic) bond motifs is 6. The van der Waals surface area contributed by atoms with Crippen molar-refractivity contribution in [3.05, 3.63) is 95.1 Å². The van der Waals surface area contributed by atoms with Gasteiger partial charge in [-0.1, -0.05) is 24.3 Å². The number of aryl methyl sites for hydroxylation is 2. The zero-order chi connectivity index (χ0) is 24.1. The molecule has 4 aromatic rings. The SMILES string of the molecule is COc1ccc(-c2cc(C)c3c(c2)CN2CN3Cc3cc(-c4ccc(OC)cc4)cc(C)c32)cc1. The number of benzene rings is 4. The van der Waals surface area contributed by atoms with Crippen LogP contribution in [0.3, 0.4) is 0 Å². The molecular formula is C31H30N2O2. The van der Waals surface area contributed by atoms with Crippen LogP contribution in [0.15, 0.2) is 72.8 Å². The van der Waals surface area contributed by atoms with Crippen LogP contribution in [0.2, 0.25) is 0 Å². The van der Waals surface area contributed by atoms with Crippen molar-refractivity contribution in [3.63, 3.8) is 0 Å². The van der Waals surface area contributed by atoms with E-state index in [1.165, 1.54) is 55.9 Å². The minimum atomic E-state index is 0.885. The topological polar surface area (TPSA) is 24.9 Å². The number of methoxy groups -OCH3 is 2. The molecule has 0 radical (unpaired) electrons. The van der Waals surface area contributed by atoms with Crippen LogP contribution in [0.25, 0.3) is 22.3 Å². The Balaban J connectivity index is 1.37. The largest absolute Gasteiger partial charge is 0.497 e. The maximum Gasteiger partial charge on any atom is 0.118 e. The molecule has 2 aliphatic rings. The van der Waals surface area contributed by atoms with Crippen LogP contribution >= 0.6 is 0 Å². The van der Waals surface area contributed by atoms with Crippen LogP contribution in [0.5, 0.6) is 11.5 Å². The number of hydrogen-bond acceptors (Lipinski definition) is 4. The summed E-state index contributed by atoms with van der Waals surface area (Å²) in [5, 5.41) is 0.